The molecule has 0 radical (unpaired) electrons. The molecule has 0 bridgehead atoms. The molecule has 0 amide bonds. The number of nitrogens with two attached hydrogens (primary N) is 1. The molecule has 0 heterocycles. The Hall–Kier alpha value is 1.39. The molecular weight excluding hydrogens is 432 g/mol. The fourth-order valence-electron chi connectivity index (χ4n) is 3.37. The summed E-state index contributed by atoms with van der Waals surface area (Å²) in [5.41, 5.74) is 5.42. The van der Waals surface area contributed by atoms with Crippen LogP contribution in [0.4, 0.5) is 0 Å². The van der Waals surface area contributed by atoms with Crippen LogP contribution in [0.2, 0.25) is 0 Å². The molecule has 0 atom stereocenters. The van der Waals surface area contributed by atoms with Crippen molar-refractivity contribution in [3.8, 4) is 0 Å². The number of rotatable bonds is 21. The van der Waals surface area contributed by atoms with E-state index >= 15 is 0 Å². The molecule has 0 unspecified atom stereocenters. The van der Waals surface area contributed by atoms with Gasteiger partial charge in [0.2, 0.25) is 0 Å². The van der Waals surface area contributed by atoms with Crippen molar-refractivity contribution in [1.29, 1.82) is 0 Å². The van der Waals surface area contributed by atoms with Crippen LogP contribution in [0.1, 0.15) is 164 Å². The van der Waals surface area contributed by atoms with Crippen molar-refractivity contribution in [1.82, 2.24) is 0 Å². The van der Waals surface area contributed by atoms with Gasteiger partial charge < -0.3 is 17.3 Å². The Morgan fingerprint density at radius 1 is 0.576 bits per heavy atom. The molecule has 0 aromatic rings. The number of hydrogen-bond acceptors (Lipinski definition) is 4. The van der Waals surface area contributed by atoms with E-state index in [2.05, 4.69) is 25.7 Å². The summed E-state index contributed by atoms with van der Waals surface area (Å²) in [6, 6.07) is 0. The van der Waals surface area contributed by atoms with Crippen LogP contribution in [0.25, 0.3) is 0 Å². The van der Waals surface area contributed by atoms with Crippen LogP contribution >= 0.6 is 0 Å². The van der Waals surface area contributed by atoms with E-state index in [1.165, 1.54) is 135 Å². The average Bonchev–Trinajstić information content (AvgIpc) is 2.77. The predicted octanol–water partition coefficient (Wildman–Crippen LogP) is 2.37. The summed E-state index contributed by atoms with van der Waals surface area (Å²) in [7, 11) is 0. The Morgan fingerprint density at radius 2 is 0.758 bits per heavy atom. The normalized spacial score (nSPS) is 9.00. The average molecular weight is 494 g/mol. The van der Waals surface area contributed by atoms with E-state index < -0.39 is 0 Å². The Morgan fingerprint density at radius 3 is 0.909 bits per heavy atom. The van der Waals surface area contributed by atoms with Crippen molar-refractivity contribution in [3.63, 3.8) is 0 Å². The van der Waals surface area contributed by atoms with Crippen molar-refractivity contribution in [3.05, 3.63) is 0 Å². The maximum atomic E-state index is 8.64. The van der Waals surface area contributed by atoms with Gasteiger partial charge in [-0.3, -0.25) is 4.79 Å². The molecule has 4 nitrogen and oxygen atoms in total. The van der Waals surface area contributed by atoms with Gasteiger partial charge in [-0.05, 0) is 13.0 Å². The van der Waals surface area contributed by atoms with Crippen molar-refractivity contribution in [2.24, 2.45) is 5.73 Å². The maximum absolute atomic E-state index is 8.64. The van der Waals surface area contributed by atoms with Crippen molar-refractivity contribution < 1.29 is 75.5 Å². The molecule has 0 aliphatic rings. The smallest absolute Gasteiger partial charge is 1.00 e. The van der Waals surface area contributed by atoms with Gasteiger partial charge in [-0.1, -0.05) is 157 Å². The first-order valence-corrected chi connectivity index (χ1v) is 13.2. The monoisotopic (exact) mass is 493 g/mol. The fraction of sp³-hybridized carbons (Fsp3) is 0.963. The molecule has 0 fully saturated rings. The first-order chi connectivity index (χ1) is 14.7. The van der Waals surface area contributed by atoms with Crippen LogP contribution in [0.15, 0.2) is 0 Å². The van der Waals surface area contributed by atoms with E-state index in [-0.39, 0.29) is 74.4 Å². The number of carbonyl (C=O) groups excluding carboxylic acids is 1. The van der Waals surface area contributed by atoms with Gasteiger partial charge in [0.15, 0.2) is 0 Å². The second-order valence-corrected chi connectivity index (χ2v) is 8.35. The first-order valence-electron chi connectivity index (χ1n) is 13.2. The molecule has 0 aliphatic heterocycles. The number of carbonyl (C=O) groups is 1. The largest absolute Gasteiger partial charge is 1.00 e. The zero-order chi connectivity index (χ0) is 23.0. The molecule has 6 heteroatoms. The Labute approximate surface area is 255 Å². The molecule has 0 aromatic carbocycles. The number of unbranched alkanes of at least 4 members (excludes halogenated alkanes) is 19. The predicted molar refractivity (Wildman–Crippen MR) is 138 cm³/mol. The third-order valence-electron chi connectivity index (χ3n) is 5.30. The zero-order valence-corrected chi connectivity index (χ0v) is 26.9. The van der Waals surface area contributed by atoms with E-state index in [4.69, 9.17) is 15.8 Å². The summed E-state index contributed by atoms with van der Waals surface area (Å²) in [4.78, 5) is 11.2. The quantitative estimate of drug-likeness (QED) is 0.0876. The standard InChI is InChI=1S/C13H28.C12H27N.CH2O3.CH4.2Na.H/c1-3-5-7-9-11-13-12-10-8-6-4-2;1-2-3-4-5-6-7-8-9-10-11-12-13;2-1-4-3;;;;/h3-13H2,1-2H3;2-13H2,1H3;1,3H;1H4;;;/q;;;;2*+1;-1/p-1. The molecule has 0 aromatic heterocycles. The van der Waals surface area contributed by atoms with Gasteiger partial charge in [0, 0.05) is 0 Å². The van der Waals surface area contributed by atoms with E-state index in [0.717, 1.165) is 6.54 Å². The molecule has 33 heavy (non-hydrogen) atoms. The minimum Gasteiger partial charge on any atom is -1.00 e. The van der Waals surface area contributed by atoms with Crippen LogP contribution in [0.3, 0.4) is 0 Å². The summed E-state index contributed by atoms with van der Waals surface area (Å²) in [5.74, 6) is 0. The molecular formula is C27H61NNa2O3. The zero-order valence-electron chi connectivity index (χ0n) is 23.9. The van der Waals surface area contributed by atoms with Crippen LogP contribution in [-0.4, -0.2) is 13.0 Å². The van der Waals surface area contributed by atoms with Crippen molar-refractivity contribution in [2.45, 2.75) is 163 Å². The van der Waals surface area contributed by atoms with Gasteiger partial charge in [0.05, 0.1) is 0 Å². The molecule has 0 saturated carbocycles. The van der Waals surface area contributed by atoms with Crippen LogP contribution < -0.4 is 70.1 Å². The summed E-state index contributed by atoms with van der Waals surface area (Å²) in [6.07, 6.45) is 29.9. The third-order valence-corrected chi connectivity index (χ3v) is 5.30. The molecule has 194 valence electrons. The first kappa shape index (κ1) is 47.6. The topological polar surface area (TPSA) is 75.4 Å². The number of hydrogen-bond donors (Lipinski definition) is 1. The molecule has 0 aliphatic carbocycles. The van der Waals surface area contributed by atoms with E-state index in [1.807, 2.05) is 0 Å². The second kappa shape index (κ2) is 54.3. The summed E-state index contributed by atoms with van der Waals surface area (Å²) in [6.45, 7) is 7.53. The minimum absolute atomic E-state index is 0. The summed E-state index contributed by atoms with van der Waals surface area (Å²) in [5, 5.41) is 8.43. The molecule has 0 saturated heterocycles. The van der Waals surface area contributed by atoms with Crippen LogP contribution in [0, 0.1) is 0 Å². The van der Waals surface area contributed by atoms with Gasteiger partial charge in [-0.15, -0.1) is 0 Å². The van der Waals surface area contributed by atoms with Crippen LogP contribution in [-0.2, 0) is 9.68 Å². The Balaban J connectivity index is -0.0000000671. The SMILES string of the molecule is C.CCCCCCCCCCCCC.CCCCCCCCCCCCN.O=CO[O-].[H-].[Na+].[Na+]. The van der Waals surface area contributed by atoms with Gasteiger partial charge in [-0.2, -0.15) is 0 Å². The van der Waals surface area contributed by atoms with E-state index in [9.17, 15) is 0 Å². The van der Waals surface area contributed by atoms with Gasteiger partial charge in [-0.25, -0.2) is 0 Å². The summed E-state index contributed by atoms with van der Waals surface area (Å²) >= 11 is 0. The molecule has 0 rings (SSSR count). The molecule has 2 N–H and O–H groups in total. The third kappa shape index (κ3) is 65.6. The fourth-order valence-corrected chi connectivity index (χ4v) is 3.37. The minimum atomic E-state index is -0.181. The Bertz CT molecular complexity index is 238. The maximum Gasteiger partial charge on any atom is 1.00 e. The van der Waals surface area contributed by atoms with Gasteiger partial charge in [0.1, 0.15) is 0 Å². The van der Waals surface area contributed by atoms with Crippen molar-refractivity contribution >= 4 is 6.47 Å². The molecule has 0 spiro atoms. The van der Waals surface area contributed by atoms with E-state index in [1.54, 1.807) is 0 Å². The Kier molecular flexibility index (Phi) is 78.3. The van der Waals surface area contributed by atoms with Gasteiger partial charge in [0.25, 0.3) is 6.47 Å². The van der Waals surface area contributed by atoms with E-state index in [0.29, 0.717) is 0 Å². The summed E-state index contributed by atoms with van der Waals surface area (Å²) < 4.78 is 0. The van der Waals surface area contributed by atoms with Gasteiger partial charge >= 0.3 is 59.1 Å². The van der Waals surface area contributed by atoms with Crippen LogP contribution in [0.5, 0.6) is 0 Å². The second-order valence-electron chi connectivity index (χ2n) is 8.35. The van der Waals surface area contributed by atoms with Crippen molar-refractivity contribution in [2.75, 3.05) is 6.54 Å².